The molecule has 0 aliphatic carbocycles. The maximum absolute atomic E-state index is 12.0. The number of ether oxygens (including phenoxy) is 1. The Hall–Kier alpha value is -2.73. The average molecular weight is 353 g/mol. The molecule has 2 aromatic carbocycles. The Morgan fingerprint density at radius 1 is 1.12 bits per heavy atom. The van der Waals surface area contributed by atoms with Gasteiger partial charge < -0.3 is 10.1 Å². The Balaban J connectivity index is 1.50. The highest BCUT2D eigenvalue weighted by Crippen LogP contribution is 2.23. The normalized spacial score (nSPS) is 10.4. The molecule has 1 aromatic heterocycles. The third-order valence-electron chi connectivity index (χ3n) is 3.65. The lowest BCUT2D eigenvalue weighted by Crippen LogP contribution is -2.20. The molecule has 0 aliphatic rings. The van der Waals surface area contributed by atoms with Crippen molar-refractivity contribution >= 4 is 23.1 Å². The van der Waals surface area contributed by atoms with Gasteiger partial charge in [0, 0.05) is 5.69 Å². The van der Waals surface area contributed by atoms with Gasteiger partial charge in [-0.2, -0.15) is 0 Å². The van der Waals surface area contributed by atoms with Gasteiger partial charge in [-0.15, -0.1) is 5.10 Å². The minimum atomic E-state index is -0.190. The number of nitrogens with zero attached hydrogens (tertiary/aromatic N) is 2. The van der Waals surface area contributed by atoms with Gasteiger partial charge in [0.25, 0.3) is 5.91 Å². The Bertz CT molecular complexity index is 800. The van der Waals surface area contributed by atoms with Gasteiger partial charge in [0.2, 0.25) is 0 Å². The first-order valence-corrected chi connectivity index (χ1v) is 8.91. The lowest BCUT2D eigenvalue weighted by Gasteiger charge is -2.08. The Kier molecular flexibility index (Phi) is 5.74. The van der Waals surface area contributed by atoms with Crippen molar-refractivity contribution in [1.29, 1.82) is 0 Å². The average Bonchev–Trinajstić information content (AvgIpc) is 3.17. The lowest BCUT2D eigenvalue weighted by molar-refractivity contribution is -0.118. The summed E-state index contributed by atoms with van der Waals surface area (Å²) in [6.45, 7) is 2.13. The number of hydrogen-bond acceptors (Lipinski definition) is 5. The molecule has 0 fully saturated rings. The molecule has 1 heterocycles. The second-order valence-electron chi connectivity index (χ2n) is 5.59. The van der Waals surface area contributed by atoms with Crippen molar-refractivity contribution in [1.82, 2.24) is 9.59 Å². The molecule has 0 saturated carbocycles. The molecule has 128 valence electrons. The number of hydrogen-bond donors (Lipinski definition) is 1. The van der Waals surface area contributed by atoms with Crippen LogP contribution in [0.3, 0.4) is 0 Å². The van der Waals surface area contributed by atoms with Gasteiger partial charge in [-0.05, 0) is 53.3 Å². The first kappa shape index (κ1) is 17.1. The van der Waals surface area contributed by atoms with E-state index >= 15 is 0 Å². The lowest BCUT2D eigenvalue weighted by atomic mass is 10.1. The molecule has 0 aliphatic heterocycles. The zero-order chi connectivity index (χ0) is 17.5. The molecular formula is C19H19N3O2S. The van der Waals surface area contributed by atoms with Crippen LogP contribution in [0.5, 0.6) is 5.75 Å². The molecule has 5 nitrogen and oxygen atoms in total. The predicted molar refractivity (Wildman–Crippen MR) is 99.9 cm³/mol. The number of aryl methyl sites for hydroxylation is 1. The maximum atomic E-state index is 12.0. The molecule has 3 rings (SSSR count). The second kappa shape index (κ2) is 8.39. The number of amides is 1. The van der Waals surface area contributed by atoms with Crippen molar-refractivity contribution in [3.8, 4) is 16.2 Å². The van der Waals surface area contributed by atoms with E-state index < -0.39 is 0 Å². The summed E-state index contributed by atoms with van der Waals surface area (Å²) in [5, 5.41) is 6.64. The quantitative estimate of drug-likeness (QED) is 0.692. The zero-order valence-corrected chi connectivity index (χ0v) is 14.8. The minimum Gasteiger partial charge on any atom is -0.484 e. The summed E-state index contributed by atoms with van der Waals surface area (Å²) in [6, 6.07) is 15.4. The highest BCUT2D eigenvalue weighted by molar-refractivity contribution is 7.09. The van der Waals surface area contributed by atoms with E-state index in [2.05, 4.69) is 21.8 Å². The number of carbonyl (C=O) groups is 1. The van der Waals surface area contributed by atoms with E-state index in [1.54, 1.807) is 6.20 Å². The van der Waals surface area contributed by atoms with E-state index in [9.17, 15) is 4.79 Å². The fraction of sp³-hybridized carbons (Fsp3) is 0.211. The van der Waals surface area contributed by atoms with Crippen LogP contribution in [0.2, 0.25) is 0 Å². The van der Waals surface area contributed by atoms with Crippen molar-refractivity contribution in [3.63, 3.8) is 0 Å². The Labute approximate surface area is 150 Å². The molecule has 6 heteroatoms. The summed E-state index contributed by atoms with van der Waals surface area (Å²) >= 11 is 1.34. The van der Waals surface area contributed by atoms with Gasteiger partial charge in [0.15, 0.2) is 6.61 Å². The van der Waals surface area contributed by atoms with Crippen LogP contribution in [0.25, 0.3) is 10.4 Å². The first-order valence-electron chi connectivity index (χ1n) is 8.14. The van der Waals surface area contributed by atoms with Gasteiger partial charge >= 0.3 is 0 Å². The molecule has 0 spiro atoms. The van der Waals surface area contributed by atoms with E-state index in [4.69, 9.17) is 4.74 Å². The van der Waals surface area contributed by atoms with Crippen LogP contribution in [0.15, 0.2) is 54.7 Å². The van der Waals surface area contributed by atoms with Crippen LogP contribution in [0.4, 0.5) is 5.69 Å². The van der Waals surface area contributed by atoms with Crippen LogP contribution in [-0.4, -0.2) is 22.1 Å². The summed E-state index contributed by atoms with van der Waals surface area (Å²) in [6.07, 6.45) is 3.88. The van der Waals surface area contributed by atoms with Gasteiger partial charge in [-0.3, -0.25) is 4.79 Å². The Morgan fingerprint density at radius 2 is 1.88 bits per heavy atom. The molecule has 25 heavy (non-hydrogen) atoms. The van der Waals surface area contributed by atoms with E-state index in [1.165, 1.54) is 17.1 Å². The van der Waals surface area contributed by atoms with Gasteiger partial charge in [0.05, 0.1) is 11.1 Å². The van der Waals surface area contributed by atoms with Crippen molar-refractivity contribution < 1.29 is 9.53 Å². The molecule has 0 radical (unpaired) electrons. The van der Waals surface area contributed by atoms with Crippen LogP contribution in [0.1, 0.15) is 18.9 Å². The van der Waals surface area contributed by atoms with Gasteiger partial charge in [0.1, 0.15) is 5.75 Å². The molecule has 0 bridgehead atoms. The number of aromatic nitrogens is 2. The number of nitrogens with one attached hydrogen (secondary N) is 1. The standard InChI is InChI=1S/C19H19N3O2S/c1-2-3-14-4-10-17(11-5-14)24-13-19(23)21-16-8-6-15(7-9-16)18-12-20-22-25-18/h4-12H,2-3,13H2,1H3,(H,21,23). The number of rotatable bonds is 7. The summed E-state index contributed by atoms with van der Waals surface area (Å²) in [4.78, 5) is 13.0. The van der Waals surface area contributed by atoms with Crippen molar-refractivity contribution in [2.45, 2.75) is 19.8 Å². The molecule has 1 N–H and O–H groups in total. The summed E-state index contributed by atoms with van der Waals surface area (Å²) in [5.41, 5.74) is 3.03. The van der Waals surface area contributed by atoms with Crippen molar-refractivity contribution in [3.05, 3.63) is 60.3 Å². The summed E-state index contributed by atoms with van der Waals surface area (Å²) in [5.74, 6) is 0.507. The smallest absolute Gasteiger partial charge is 0.262 e. The van der Waals surface area contributed by atoms with Crippen molar-refractivity contribution in [2.24, 2.45) is 0 Å². The molecule has 0 atom stereocenters. The van der Waals surface area contributed by atoms with E-state index in [0.29, 0.717) is 5.75 Å². The van der Waals surface area contributed by atoms with E-state index in [1.807, 2.05) is 48.5 Å². The van der Waals surface area contributed by atoms with E-state index in [0.717, 1.165) is 29.0 Å². The van der Waals surface area contributed by atoms with Crippen LogP contribution < -0.4 is 10.1 Å². The highest BCUT2D eigenvalue weighted by atomic mass is 32.1. The van der Waals surface area contributed by atoms with Crippen LogP contribution >= 0.6 is 11.5 Å². The number of benzene rings is 2. The largest absolute Gasteiger partial charge is 0.484 e. The third kappa shape index (κ3) is 4.87. The monoisotopic (exact) mass is 353 g/mol. The topological polar surface area (TPSA) is 64.1 Å². The number of carbonyl (C=O) groups excluding carboxylic acids is 1. The first-order chi connectivity index (χ1) is 12.2. The minimum absolute atomic E-state index is 0.0202. The maximum Gasteiger partial charge on any atom is 0.262 e. The van der Waals surface area contributed by atoms with Crippen LogP contribution in [-0.2, 0) is 11.2 Å². The fourth-order valence-electron chi connectivity index (χ4n) is 2.40. The molecule has 1 amide bonds. The number of anilines is 1. The summed E-state index contributed by atoms with van der Waals surface area (Å²) < 4.78 is 9.37. The molecular weight excluding hydrogens is 334 g/mol. The Morgan fingerprint density at radius 3 is 2.52 bits per heavy atom. The highest BCUT2D eigenvalue weighted by Gasteiger charge is 2.05. The second-order valence-corrected chi connectivity index (χ2v) is 6.38. The van der Waals surface area contributed by atoms with Crippen LogP contribution in [0, 0.1) is 0 Å². The molecule has 0 saturated heterocycles. The predicted octanol–water partition coefficient (Wildman–Crippen LogP) is 4.18. The van der Waals surface area contributed by atoms with E-state index in [-0.39, 0.29) is 12.5 Å². The SMILES string of the molecule is CCCc1ccc(OCC(=O)Nc2ccc(-c3cnns3)cc2)cc1. The van der Waals surface area contributed by atoms with Gasteiger partial charge in [-0.1, -0.05) is 42.1 Å². The summed E-state index contributed by atoms with van der Waals surface area (Å²) in [7, 11) is 0. The van der Waals surface area contributed by atoms with Gasteiger partial charge in [-0.25, -0.2) is 0 Å². The van der Waals surface area contributed by atoms with Crippen molar-refractivity contribution in [2.75, 3.05) is 11.9 Å². The zero-order valence-electron chi connectivity index (χ0n) is 13.9. The molecule has 3 aromatic rings. The third-order valence-corrected chi connectivity index (χ3v) is 4.36. The molecule has 0 unspecified atom stereocenters. The fourth-order valence-corrected chi connectivity index (χ4v) is 2.92.